The van der Waals surface area contributed by atoms with Crippen LogP contribution in [0.2, 0.25) is 0 Å². The minimum Gasteiger partial charge on any atom is -0.464 e. The van der Waals surface area contributed by atoms with Crippen molar-refractivity contribution in [2.24, 2.45) is 14.1 Å². The Bertz CT molecular complexity index is 4270. The predicted octanol–water partition coefficient (Wildman–Crippen LogP) is 31.7. The van der Waals surface area contributed by atoms with Gasteiger partial charge in [-0.25, -0.2) is 19.9 Å². The molecule has 0 aliphatic rings. The molecule has 12 heteroatoms. The number of thiazole rings is 1. The fourth-order valence-electron chi connectivity index (χ4n) is 9.12. The number of hydrogen-bond donors (Lipinski definition) is 2. The van der Waals surface area contributed by atoms with E-state index in [1.807, 2.05) is 332 Å². The number of thiophene rings is 1. The van der Waals surface area contributed by atoms with Crippen molar-refractivity contribution in [2.45, 2.75) is 138 Å². The van der Waals surface area contributed by atoms with E-state index in [4.69, 9.17) is 8.83 Å². The lowest BCUT2D eigenvalue weighted by molar-refractivity contribution is 0.602. The first kappa shape index (κ1) is 98.6. The second-order valence-electron chi connectivity index (χ2n) is 19.9. The Kier molecular flexibility index (Phi) is 60.0. The molecule has 19 rings (SSSR count). The monoisotopic (exact) mass is 1510 g/mol. The first-order chi connectivity index (χ1) is 54.5. The molecule has 8 aromatic heterocycles. The van der Waals surface area contributed by atoms with Crippen LogP contribution in [0.4, 0.5) is 0 Å². The maximum Gasteiger partial charge on any atom is 0.181 e. The summed E-state index contributed by atoms with van der Waals surface area (Å²) in [5.74, 6) is 0. The largest absolute Gasteiger partial charge is 0.464 e. The fraction of sp³-hybridized carbons (Fsp3) is 0.224. The van der Waals surface area contributed by atoms with Crippen molar-refractivity contribution in [1.82, 2.24) is 39.0 Å². The van der Waals surface area contributed by atoms with Crippen molar-refractivity contribution in [3.63, 3.8) is 0 Å². The van der Waals surface area contributed by atoms with Crippen LogP contribution in [-0.2, 0) is 14.1 Å². The van der Waals surface area contributed by atoms with E-state index in [-0.39, 0.29) is 0 Å². The van der Waals surface area contributed by atoms with Crippen molar-refractivity contribution >= 4 is 120 Å². The van der Waals surface area contributed by atoms with Gasteiger partial charge in [0.2, 0.25) is 0 Å². The van der Waals surface area contributed by atoms with Gasteiger partial charge in [-0.1, -0.05) is 345 Å². The maximum absolute atomic E-state index is 5.12. The number of H-pyrrole nitrogens is 2. The average Bonchev–Trinajstić information content (AvgIpc) is 1.74. The number of imidazole rings is 2. The number of fused-ring (bicyclic) bond motifs is 9. The van der Waals surface area contributed by atoms with Crippen LogP contribution in [0.25, 0.3) is 97.0 Å². The molecule has 0 atom stereocenters. The number of para-hydroxylation sites is 10. The van der Waals surface area contributed by atoms with E-state index >= 15 is 0 Å². The zero-order valence-electron chi connectivity index (χ0n) is 69.8. The summed E-state index contributed by atoms with van der Waals surface area (Å²) in [5, 5.41) is 9.84. The van der Waals surface area contributed by atoms with Gasteiger partial charge < -0.3 is 27.9 Å². The molecule has 19 aromatic rings. The van der Waals surface area contributed by atoms with E-state index in [9.17, 15) is 0 Å². The minimum absolute atomic E-state index is 0.845. The summed E-state index contributed by atoms with van der Waals surface area (Å²) in [4.78, 5) is 22.5. The lowest BCUT2D eigenvalue weighted by Gasteiger charge is -1.92. The number of rotatable bonds is 0. The van der Waals surface area contributed by atoms with Gasteiger partial charge in [0, 0.05) is 47.6 Å². The molecular formula is C98H126N8O2S2. The number of benzene rings is 11. The van der Waals surface area contributed by atoms with Gasteiger partial charge in [-0.2, -0.15) is 0 Å². The number of hydrogen-bond acceptors (Lipinski definition) is 8. The van der Waals surface area contributed by atoms with Crippen LogP contribution in [0.1, 0.15) is 138 Å². The number of nitrogens with one attached hydrogen (secondary N) is 2. The van der Waals surface area contributed by atoms with Gasteiger partial charge in [0.15, 0.2) is 12.0 Å². The standard InChI is InChI=1S/C10H8.C9H9N.C8H8N2.C8H7N.C8H6O.C8H6S.C7H6N2.C7H5NO.C7H5NS.C6H6.10C2H6/c1-2-6-10-8-4-3-7-9(10)5-1;1-10-7-6-8-4-2-3-5-9(8)10;1-10-6-9-7-4-2-3-5-8(7)10;3*1-2-4-8-7(3-1)5-6-9-8;3*1-2-4-7-6(3-1)8-5-9-7;1-2-4-6-5-3-1;10*1-2/h1-8H;2-7H,1H3;2-6H,1H3;1-6,9H;2*1-6H;1-5H,(H,8,9);2*1-5H;1-6H;10*1-2H3. The third kappa shape index (κ3) is 36.9. The highest BCUT2D eigenvalue weighted by Crippen LogP contribution is 2.20. The summed E-state index contributed by atoms with van der Waals surface area (Å²) < 4.78 is 16.9. The molecule has 11 aromatic carbocycles. The van der Waals surface area contributed by atoms with Crippen LogP contribution < -0.4 is 0 Å². The van der Waals surface area contributed by atoms with E-state index < -0.39 is 0 Å². The molecule has 0 fully saturated rings. The Hall–Kier alpha value is -11.4. The molecule has 0 aliphatic carbocycles. The zero-order chi connectivity index (χ0) is 81.6. The van der Waals surface area contributed by atoms with E-state index in [0.29, 0.717) is 0 Å². The Morgan fingerprint density at radius 2 is 0.727 bits per heavy atom. The molecule has 0 unspecified atom stereocenters. The van der Waals surface area contributed by atoms with Gasteiger partial charge in [-0.05, 0) is 129 Å². The Morgan fingerprint density at radius 3 is 1.25 bits per heavy atom. The van der Waals surface area contributed by atoms with E-state index in [2.05, 4.69) is 193 Å². The van der Waals surface area contributed by atoms with Gasteiger partial charge in [0.05, 0.1) is 56.7 Å². The van der Waals surface area contributed by atoms with Crippen LogP contribution in [0.5, 0.6) is 0 Å². The first-order valence-corrected chi connectivity index (χ1v) is 40.9. The SMILES string of the molecule is CC.CC.CC.CC.CC.CC.CC.CC.CC.CC.Cn1ccc2ccccc21.Cn1cnc2ccccc21.c1ccc2[nH]ccc2c1.c1ccc2[nH]cnc2c1.c1ccc2ccccc2c1.c1ccc2occc2c1.c1ccc2ocnc2c1.c1ccc2sccc2c1.c1ccc2scnc2c1.c1ccccc1. The maximum atomic E-state index is 5.12. The highest BCUT2D eigenvalue weighted by molar-refractivity contribution is 7.17. The molecule has 10 nitrogen and oxygen atoms in total. The third-order valence-corrected chi connectivity index (χ3v) is 15.4. The molecule has 0 aliphatic heterocycles. The number of aryl methyl sites for hydroxylation is 2. The van der Waals surface area contributed by atoms with Crippen molar-refractivity contribution in [1.29, 1.82) is 0 Å². The van der Waals surface area contributed by atoms with Gasteiger partial charge in [-0.3, -0.25) is 0 Å². The second-order valence-corrected chi connectivity index (χ2v) is 21.7. The highest BCUT2D eigenvalue weighted by atomic mass is 32.1. The van der Waals surface area contributed by atoms with E-state index in [1.54, 1.807) is 35.3 Å². The molecule has 582 valence electrons. The number of oxazole rings is 1. The number of nitrogens with zero attached hydrogens (tertiary/aromatic N) is 6. The van der Waals surface area contributed by atoms with Crippen molar-refractivity contribution in [3.05, 3.63) is 352 Å². The van der Waals surface area contributed by atoms with Crippen molar-refractivity contribution < 1.29 is 8.83 Å². The van der Waals surface area contributed by atoms with Gasteiger partial charge in [0.1, 0.15) is 11.1 Å². The molecule has 2 N–H and O–H groups in total. The summed E-state index contributed by atoms with van der Waals surface area (Å²) >= 11 is 3.46. The summed E-state index contributed by atoms with van der Waals surface area (Å²) in [5.41, 5.74) is 12.5. The van der Waals surface area contributed by atoms with Crippen LogP contribution in [0.15, 0.2) is 361 Å². The first-order valence-electron chi connectivity index (χ1n) is 39.1. The van der Waals surface area contributed by atoms with Crippen LogP contribution >= 0.6 is 22.7 Å². The van der Waals surface area contributed by atoms with Gasteiger partial charge in [-0.15, -0.1) is 22.7 Å². The Morgan fingerprint density at radius 1 is 0.282 bits per heavy atom. The quantitative estimate of drug-likeness (QED) is 0.156. The fourth-order valence-corrected chi connectivity index (χ4v) is 10.6. The molecule has 0 bridgehead atoms. The van der Waals surface area contributed by atoms with Crippen LogP contribution in [-0.4, -0.2) is 39.0 Å². The van der Waals surface area contributed by atoms with Crippen molar-refractivity contribution in [2.75, 3.05) is 0 Å². The molecule has 0 saturated carbocycles. The topological polar surface area (TPSA) is 119 Å². The van der Waals surface area contributed by atoms with Gasteiger partial charge in [0.25, 0.3) is 0 Å². The molecule has 8 heterocycles. The summed E-state index contributed by atoms with van der Waals surface area (Å²) in [6.07, 6.45) is 10.7. The van der Waals surface area contributed by atoms with E-state index in [1.165, 1.54) is 59.3 Å². The summed E-state index contributed by atoms with van der Waals surface area (Å²) in [6.45, 7) is 40.0. The molecule has 110 heavy (non-hydrogen) atoms. The summed E-state index contributed by atoms with van der Waals surface area (Å²) in [7, 11) is 4.05. The summed E-state index contributed by atoms with van der Waals surface area (Å²) in [6, 6.07) is 102. The molecule has 0 amide bonds. The average molecular weight is 1510 g/mol. The predicted molar refractivity (Wildman–Crippen MR) is 494 cm³/mol. The number of aromatic nitrogens is 8. The highest BCUT2D eigenvalue weighted by Gasteiger charge is 1.97. The lowest BCUT2D eigenvalue weighted by atomic mass is 10.1. The smallest absolute Gasteiger partial charge is 0.181 e. The molecule has 0 radical (unpaired) electrons. The number of aromatic amines is 2. The van der Waals surface area contributed by atoms with E-state index in [0.717, 1.165) is 44.1 Å². The van der Waals surface area contributed by atoms with Gasteiger partial charge >= 0.3 is 0 Å². The zero-order valence-corrected chi connectivity index (χ0v) is 71.4. The van der Waals surface area contributed by atoms with Crippen molar-refractivity contribution in [3.8, 4) is 0 Å². The molecular weight excluding hydrogens is 1390 g/mol. The second kappa shape index (κ2) is 67.0. The third-order valence-electron chi connectivity index (χ3n) is 13.7. The normalized spacial score (nSPS) is 8.82. The Balaban J connectivity index is 0.00000117. The van der Waals surface area contributed by atoms with Crippen LogP contribution in [0, 0.1) is 0 Å². The molecule has 0 spiro atoms. The molecule has 0 saturated heterocycles. The lowest BCUT2D eigenvalue weighted by Crippen LogP contribution is -1.81. The number of furan rings is 1. The van der Waals surface area contributed by atoms with Crippen LogP contribution in [0.3, 0.4) is 0 Å². The minimum atomic E-state index is 0.845. The Labute approximate surface area is 667 Å².